The Balaban J connectivity index is 1.97. The third-order valence-electron chi connectivity index (χ3n) is 2.64. The first-order valence-electron chi connectivity index (χ1n) is 5.17. The highest BCUT2D eigenvalue weighted by Gasteiger charge is 2.22. The highest BCUT2D eigenvalue weighted by Crippen LogP contribution is 2.08. The summed E-state index contributed by atoms with van der Waals surface area (Å²) in [6, 6.07) is 3.75. The highest BCUT2D eigenvalue weighted by atomic mass is 19.1. The zero-order valence-corrected chi connectivity index (χ0v) is 8.56. The van der Waals surface area contributed by atoms with Crippen molar-refractivity contribution in [1.29, 1.82) is 0 Å². The summed E-state index contributed by atoms with van der Waals surface area (Å²) in [4.78, 5) is 2.11. The van der Waals surface area contributed by atoms with Gasteiger partial charge in [-0.05, 0) is 12.1 Å². The number of rotatable bonds is 3. The Morgan fingerprint density at radius 2 is 2.53 bits per heavy atom. The van der Waals surface area contributed by atoms with Crippen molar-refractivity contribution < 1.29 is 4.39 Å². The minimum Gasteiger partial charge on any atom is -0.314 e. The van der Waals surface area contributed by atoms with Crippen molar-refractivity contribution >= 4 is 0 Å². The van der Waals surface area contributed by atoms with Gasteiger partial charge in [-0.25, -0.2) is 4.39 Å². The summed E-state index contributed by atoms with van der Waals surface area (Å²) >= 11 is 0. The number of piperazine rings is 1. The maximum absolute atomic E-state index is 12.7. The zero-order valence-electron chi connectivity index (χ0n) is 8.56. The van der Waals surface area contributed by atoms with Crippen LogP contribution in [0.3, 0.4) is 0 Å². The quantitative estimate of drug-likeness (QED) is 0.775. The van der Waals surface area contributed by atoms with Crippen molar-refractivity contribution in [3.8, 4) is 0 Å². The predicted molar refractivity (Wildman–Crippen MR) is 55.1 cm³/mol. The maximum atomic E-state index is 12.7. The molecule has 2 rings (SSSR count). The van der Waals surface area contributed by atoms with Crippen LogP contribution in [0.15, 0.2) is 18.3 Å². The Bertz CT molecular complexity index is 293. The van der Waals surface area contributed by atoms with E-state index in [4.69, 9.17) is 0 Å². The SMILES string of the molecule is FCC1CNCCN1Cc1cccnn1. The van der Waals surface area contributed by atoms with Gasteiger partial charge in [0.1, 0.15) is 6.67 Å². The highest BCUT2D eigenvalue weighted by molar-refractivity contribution is 5.00. The van der Waals surface area contributed by atoms with E-state index in [1.54, 1.807) is 6.20 Å². The van der Waals surface area contributed by atoms with Gasteiger partial charge in [0.2, 0.25) is 0 Å². The zero-order chi connectivity index (χ0) is 10.5. The van der Waals surface area contributed by atoms with E-state index in [0.29, 0.717) is 6.54 Å². The molecule has 1 aromatic rings. The van der Waals surface area contributed by atoms with Crippen LogP contribution in [0.1, 0.15) is 5.69 Å². The Morgan fingerprint density at radius 1 is 1.60 bits per heavy atom. The molecule has 0 aromatic carbocycles. The largest absolute Gasteiger partial charge is 0.314 e. The standard InChI is InChI=1S/C10H15FN4/c11-6-10-7-12-4-5-15(10)8-9-2-1-3-13-14-9/h1-3,10,12H,4-8H2. The number of alkyl halides is 1. The van der Waals surface area contributed by atoms with E-state index in [0.717, 1.165) is 25.3 Å². The molecule has 0 bridgehead atoms. The molecule has 4 nitrogen and oxygen atoms in total. The monoisotopic (exact) mass is 210 g/mol. The lowest BCUT2D eigenvalue weighted by atomic mass is 10.2. The van der Waals surface area contributed by atoms with Gasteiger partial charge in [-0.2, -0.15) is 10.2 Å². The number of hydrogen-bond donors (Lipinski definition) is 1. The molecule has 1 saturated heterocycles. The van der Waals surface area contributed by atoms with Gasteiger partial charge in [0, 0.05) is 32.4 Å². The van der Waals surface area contributed by atoms with Crippen LogP contribution in [-0.2, 0) is 6.54 Å². The van der Waals surface area contributed by atoms with Crippen molar-refractivity contribution in [2.45, 2.75) is 12.6 Å². The van der Waals surface area contributed by atoms with Crippen LogP contribution in [-0.4, -0.2) is 47.4 Å². The van der Waals surface area contributed by atoms with Gasteiger partial charge >= 0.3 is 0 Å². The predicted octanol–water partition coefficient (Wildman–Crippen LogP) is 0.220. The van der Waals surface area contributed by atoms with Crippen molar-refractivity contribution in [1.82, 2.24) is 20.4 Å². The average molecular weight is 210 g/mol. The van der Waals surface area contributed by atoms with E-state index in [-0.39, 0.29) is 12.7 Å². The van der Waals surface area contributed by atoms with Gasteiger partial charge in [0.15, 0.2) is 0 Å². The van der Waals surface area contributed by atoms with E-state index in [1.165, 1.54) is 0 Å². The molecule has 0 amide bonds. The molecule has 0 radical (unpaired) electrons. The number of nitrogens with one attached hydrogen (secondary N) is 1. The van der Waals surface area contributed by atoms with E-state index in [1.807, 2.05) is 12.1 Å². The summed E-state index contributed by atoms with van der Waals surface area (Å²) in [5.74, 6) is 0. The molecule has 1 aliphatic heterocycles. The van der Waals surface area contributed by atoms with Crippen LogP contribution < -0.4 is 5.32 Å². The van der Waals surface area contributed by atoms with Crippen LogP contribution in [0.2, 0.25) is 0 Å². The fraction of sp³-hybridized carbons (Fsp3) is 0.600. The summed E-state index contributed by atoms with van der Waals surface area (Å²) in [6.45, 7) is 2.87. The molecule has 15 heavy (non-hydrogen) atoms. The lowest BCUT2D eigenvalue weighted by Gasteiger charge is -2.34. The first-order valence-corrected chi connectivity index (χ1v) is 5.17. The maximum Gasteiger partial charge on any atom is 0.106 e. The Hall–Kier alpha value is -1.07. The normalized spacial score (nSPS) is 22.9. The fourth-order valence-electron chi connectivity index (χ4n) is 1.79. The molecule has 2 heterocycles. The number of hydrogen-bond acceptors (Lipinski definition) is 4. The van der Waals surface area contributed by atoms with Gasteiger partial charge in [-0.1, -0.05) is 0 Å². The average Bonchev–Trinajstić information content (AvgIpc) is 2.31. The lowest BCUT2D eigenvalue weighted by molar-refractivity contribution is 0.126. The van der Waals surface area contributed by atoms with Crippen molar-refractivity contribution in [2.75, 3.05) is 26.3 Å². The summed E-state index contributed by atoms with van der Waals surface area (Å²) in [6.07, 6.45) is 1.65. The molecule has 1 aliphatic rings. The summed E-state index contributed by atoms with van der Waals surface area (Å²) < 4.78 is 12.7. The van der Waals surface area contributed by atoms with E-state index in [9.17, 15) is 4.39 Å². The Labute approximate surface area is 88.5 Å². The smallest absolute Gasteiger partial charge is 0.106 e. The minimum absolute atomic E-state index is 0.0271. The van der Waals surface area contributed by atoms with Crippen LogP contribution >= 0.6 is 0 Å². The molecule has 1 atom stereocenters. The van der Waals surface area contributed by atoms with E-state index >= 15 is 0 Å². The van der Waals surface area contributed by atoms with Crippen molar-refractivity contribution in [3.05, 3.63) is 24.0 Å². The van der Waals surface area contributed by atoms with Crippen molar-refractivity contribution in [2.24, 2.45) is 0 Å². The second-order valence-electron chi connectivity index (χ2n) is 3.70. The van der Waals surface area contributed by atoms with Gasteiger partial charge in [-0.3, -0.25) is 4.90 Å². The van der Waals surface area contributed by atoms with E-state index < -0.39 is 0 Å². The van der Waals surface area contributed by atoms with Crippen molar-refractivity contribution in [3.63, 3.8) is 0 Å². The molecule has 1 fully saturated rings. The summed E-state index contributed by atoms with van der Waals surface area (Å²) in [7, 11) is 0. The summed E-state index contributed by atoms with van der Waals surface area (Å²) in [5, 5.41) is 11.0. The van der Waals surface area contributed by atoms with Crippen LogP contribution in [0.5, 0.6) is 0 Å². The molecule has 1 unspecified atom stereocenters. The minimum atomic E-state index is -0.312. The number of aromatic nitrogens is 2. The first-order chi connectivity index (χ1) is 7.40. The molecule has 0 spiro atoms. The first kappa shape index (κ1) is 10.4. The molecular weight excluding hydrogens is 195 g/mol. The molecule has 0 saturated carbocycles. The van der Waals surface area contributed by atoms with E-state index in [2.05, 4.69) is 20.4 Å². The molecule has 5 heteroatoms. The fourth-order valence-corrected chi connectivity index (χ4v) is 1.79. The molecular formula is C10H15FN4. The molecule has 0 aliphatic carbocycles. The van der Waals surface area contributed by atoms with Gasteiger partial charge < -0.3 is 5.32 Å². The molecule has 1 N–H and O–H groups in total. The van der Waals surface area contributed by atoms with Gasteiger partial charge in [0.05, 0.1) is 11.7 Å². The van der Waals surface area contributed by atoms with Gasteiger partial charge in [0.25, 0.3) is 0 Å². The van der Waals surface area contributed by atoms with Crippen LogP contribution in [0, 0.1) is 0 Å². The van der Waals surface area contributed by atoms with Crippen LogP contribution in [0.25, 0.3) is 0 Å². The van der Waals surface area contributed by atoms with Gasteiger partial charge in [-0.15, -0.1) is 0 Å². The topological polar surface area (TPSA) is 41.0 Å². The molecule has 82 valence electrons. The Morgan fingerprint density at radius 3 is 3.27 bits per heavy atom. The second kappa shape index (κ2) is 5.14. The lowest BCUT2D eigenvalue weighted by Crippen LogP contribution is -2.51. The number of nitrogens with zero attached hydrogens (tertiary/aromatic N) is 3. The van der Waals surface area contributed by atoms with Crippen LogP contribution in [0.4, 0.5) is 4.39 Å². The Kier molecular flexibility index (Phi) is 3.58. The second-order valence-corrected chi connectivity index (χ2v) is 3.70. The third-order valence-corrected chi connectivity index (χ3v) is 2.64. The third kappa shape index (κ3) is 2.70. The summed E-state index contributed by atoms with van der Waals surface area (Å²) in [5.41, 5.74) is 0.901. The number of halogens is 1. The molecule has 1 aromatic heterocycles.